The molecule has 8 heteroatoms. The Morgan fingerprint density at radius 2 is 1.91 bits per heavy atom. The Balaban J connectivity index is 2.19. The number of hydrazone groups is 1. The Labute approximate surface area is 154 Å². The number of thiocarbonyl (C=S) groups is 1. The molecule has 4 nitrogen and oxygen atoms in total. The third-order valence-electron chi connectivity index (χ3n) is 2.78. The Morgan fingerprint density at radius 1 is 1.22 bits per heavy atom. The first-order valence-corrected chi connectivity index (χ1v) is 7.95. The summed E-state index contributed by atoms with van der Waals surface area (Å²) in [5, 5.41) is 5.59. The first kappa shape index (κ1) is 17.8. The van der Waals surface area contributed by atoms with Crippen LogP contribution in [0.5, 0.6) is 5.75 Å². The van der Waals surface area contributed by atoms with E-state index in [1.165, 1.54) is 6.21 Å². The molecule has 2 aromatic rings. The molecule has 2 rings (SSSR count). The van der Waals surface area contributed by atoms with Gasteiger partial charge in [0, 0.05) is 26.2 Å². The van der Waals surface area contributed by atoms with Gasteiger partial charge >= 0.3 is 0 Å². The molecule has 0 saturated carbocycles. The number of hydrogen-bond acceptors (Lipinski definition) is 3. The highest BCUT2D eigenvalue weighted by Crippen LogP contribution is 2.27. The highest BCUT2D eigenvalue weighted by Gasteiger charge is 2.08. The smallest absolute Gasteiger partial charge is 0.184 e. The fourth-order valence-corrected chi connectivity index (χ4v) is 2.48. The Bertz CT molecular complexity index is 732. The fourth-order valence-electron chi connectivity index (χ4n) is 1.74. The van der Waals surface area contributed by atoms with E-state index >= 15 is 0 Å². The molecule has 120 valence electrons. The van der Waals surface area contributed by atoms with Crippen LogP contribution in [-0.2, 0) is 6.61 Å². The van der Waals surface area contributed by atoms with Crippen molar-refractivity contribution in [2.75, 3.05) is 0 Å². The normalized spacial score (nSPS) is 10.7. The molecule has 0 radical (unpaired) electrons. The van der Waals surface area contributed by atoms with Gasteiger partial charge in [-0.2, -0.15) is 5.10 Å². The second-order valence-electron chi connectivity index (χ2n) is 4.41. The number of nitrogens with two attached hydrogens (primary N) is 1. The molecule has 0 aliphatic heterocycles. The van der Waals surface area contributed by atoms with Gasteiger partial charge in [-0.25, -0.2) is 0 Å². The number of hydrogen-bond donors (Lipinski definition) is 2. The molecule has 3 N–H and O–H groups in total. The SMILES string of the molecule is NC(=S)NN=Cc1cc(Cl)ccc1OCc1c(Cl)cccc1Cl. The van der Waals surface area contributed by atoms with Crippen LogP contribution in [0.4, 0.5) is 0 Å². The van der Waals surface area contributed by atoms with E-state index in [-0.39, 0.29) is 11.7 Å². The molecule has 0 fully saturated rings. The van der Waals surface area contributed by atoms with Crippen molar-refractivity contribution < 1.29 is 4.74 Å². The summed E-state index contributed by atoms with van der Waals surface area (Å²) >= 11 is 22.9. The number of rotatable bonds is 5. The van der Waals surface area contributed by atoms with E-state index in [0.717, 1.165) is 0 Å². The Kier molecular flexibility index (Phi) is 6.47. The monoisotopic (exact) mass is 387 g/mol. The van der Waals surface area contributed by atoms with Gasteiger partial charge in [0.25, 0.3) is 0 Å². The van der Waals surface area contributed by atoms with Gasteiger partial charge in [-0.1, -0.05) is 40.9 Å². The van der Waals surface area contributed by atoms with Gasteiger partial charge in [0.05, 0.1) is 6.21 Å². The standard InChI is InChI=1S/C15H12Cl3N3OS/c16-10-4-5-14(9(6-10)7-20-21-15(19)23)22-8-11-12(17)2-1-3-13(11)18/h1-7H,8H2,(H3,19,21,23). The van der Waals surface area contributed by atoms with Crippen LogP contribution in [0.1, 0.15) is 11.1 Å². The summed E-state index contributed by atoms with van der Waals surface area (Å²) in [4.78, 5) is 0. The lowest BCUT2D eigenvalue weighted by Crippen LogP contribution is -2.24. The van der Waals surface area contributed by atoms with Gasteiger partial charge in [0.1, 0.15) is 12.4 Å². The summed E-state index contributed by atoms with van der Waals surface area (Å²) in [6.45, 7) is 0.212. The predicted octanol–water partition coefficient (Wildman–Crippen LogP) is 4.39. The van der Waals surface area contributed by atoms with Crippen molar-refractivity contribution in [1.29, 1.82) is 0 Å². The van der Waals surface area contributed by atoms with Gasteiger partial charge in [-0.05, 0) is 42.5 Å². The maximum atomic E-state index is 6.13. The van der Waals surface area contributed by atoms with Crippen molar-refractivity contribution in [3.05, 3.63) is 62.6 Å². The van der Waals surface area contributed by atoms with Crippen molar-refractivity contribution >= 4 is 58.3 Å². The molecule has 0 aliphatic carbocycles. The van der Waals surface area contributed by atoms with Crippen LogP contribution in [0.15, 0.2) is 41.5 Å². The Morgan fingerprint density at radius 3 is 2.57 bits per heavy atom. The molecule has 2 aromatic carbocycles. The number of nitrogens with zero attached hydrogens (tertiary/aromatic N) is 1. The van der Waals surface area contributed by atoms with Gasteiger partial charge in [0.2, 0.25) is 0 Å². The quantitative estimate of drug-likeness (QED) is 0.453. The zero-order valence-corrected chi connectivity index (χ0v) is 14.8. The molecule has 0 unspecified atom stereocenters. The largest absolute Gasteiger partial charge is 0.488 e. The zero-order valence-electron chi connectivity index (χ0n) is 11.7. The number of benzene rings is 2. The van der Waals surface area contributed by atoms with Crippen molar-refractivity contribution in [2.24, 2.45) is 10.8 Å². The molecule has 23 heavy (non-hydrogen) atoms. The second kappa shape index (κ2) is 8.36. The second-order valence-corrected chi connectivity index (χ2v) is 6.10. The molecule has 0 saturated heterocycles. The van der Waals surface area contributed by atoms with Gasteiger partial charge < -0.3 is 10.5 Å². The van der Waals surface area contributed by atoms with Crippen LogP contribution in [0.3, 0.4) is 0 Å². The van der Waals surface area contributed by atoms with Gasteiger partial charge in [-0.15, -0.1) is 0 Å². The van der Waals surface area contributed by atoms with E-state index in [1.54, 1.807) is 36.4 Å². The highest BCUT2D eigenvalue weighted by molar-refractivity contribution is 7.80. The summed E-state index contributed by atoms with van der Waals surface area (Å²) < 4.78 is 5.79. The lowest BCUT2D eigenvalue weighted by Gasteiger charge is -2.11. The van der Waals surface area contributed by atoms with Crippen molar-refractivity contribution in [3.63, 3.8) is 0 Å². The van der Waals surface area contributed by atoms with Crippen molar-refractivity contribution in [1.82, 2.24) is 5.43 Å². The zero-order chi connectivity index (χ0) is 16.8. The lowest BCUT2D eigenvalue weighted by atomic mass is 10.2. The summed E-state index contributed by atoms with van der Waals surface area (Å²) in [5.74, 6) is 0.568. The average Bonchev–Trinajstić information content (AvgIpc) is 2.48. The molecule has 0 bridgehead atoms. The molecular formula is C15H12Cl3N3OS. The molecular weight excluding hydrogens is 377 g/mol. The first-order chi connectivity index (χ1) is 11.0. The topological polar surface area (TPSA) is 59.6 Å². The minimum absolute atomic E-state index is 0.0635. The third kappa shape index (κ3) is 5.25. The van der Waals surface area contributed by atoms with Crippen molar-refractivity contribution in [2.45, 2.75) is 6.61 Å². The van der Waals surface area contributed by atoms with E-state index in [4.69, 9.17) is 45.3 Å². The molecule has 0 aromatic heterocycles. The Hall–Kier alpha value is -1.53. The summed E-state index contributed by atoms with van der Waals surface area (Å²) in [5.41, 5.74) is 9.14. The lowest BCUT2D eigenvalue weighted by molar-refractivity contribution is 0.306. The van der Waals surface area contributed by atoms with E-state index in [9.17, 15) is 0 Å². The van der Waals surface area contributed by atoms with Gasteiger partial charge in [0.15, 0.2) is 5.11 Å². The summed E-state index contributed by atoms with van der Waals surface area (Å²) in [6, 6.07) is 10.4. The van der Waals surface area contributed by atoms with Crippen LogP contribution in [0, 0.1) is 0 Å². The van der Waals surface area contributed by atoms with Crippen LogP contribution >= 0.6 is 47.0 Å². The third-order valence-corrected chi connectivity index (χ3v) is 3.82. The summed E-state index contributed by atoms with van der Waals surface area (Å²) in [6.07, 6.45) is 1.51. The fraction of sp³-hybridized carbons (Fsp3) is 0.0667. The maximum Gasteiger partial charge on any atom is 0.184 e. The maximum absolute atomic E-state index is 6.13. The van der Waals surface area contributed by atoms with Crippen LogP contribution < -0.4 is 15.9 Å². The predicted molar refractivity (Wildman–Crippen MR) is 99.8 cm³/mol. The van der Waals surface area contributed by atoms with Gasteiger partial charge in [-0.3, -0.25) is 5.43 Å². The minimum atomic E-state index is 0.0635. The number of nitrogens with one attached hydrogen (secondary N) is 1. The van der Waals surface area contributed by atoms with E-state index in [2.05, 4.69) is 22.7 Å². The first-order valence-electron chi connectivity index (χ1n) is 6.41. The highest BCUT2D eigenvalue weighted by atomic mass is 35.5. The van der Waals surface area contributed by atoms with Crippen LogP contribution in [0.25, 0.3) is 0 Å². The van der Waals surface area contributed by atoms with Crippen molar-refractivity contribution in [3.8, 4) is 5.75 Å². The molecule has 0 amide bonds. The average molecular weight is 389 g/mol. The van der Waals surface area contributed by atoms with E-state index in [1.807, 2.05) is 0 Å². The van der Waals surface area contributed by atoms with E-state index < -0.39 is 0 Å². The van der Waals surface area contributed by atoms with E-state index in [0.29, 0.717) is 31.9 Å². The molecule has 0 spiro atoms. The molecule has 0 atom stereocenters. The number of halogens is 3. The molecule has 0 heterocycles. The molecule has 0 aliphatic rings. The number of ether oxygens (including phenoxy) is 1. The van der Waals surface area contributed by atoms with Crippen LogP contribution in [0.2, 0.25) is 15.1 Å². The summed E-state index contributed by atoms with van der Waals surface area (Å²) in [7, 11) is 0. The minimum Gasteiger partial charge on any atom is -0.488 e. The van der Waals surface area contributed by atoms with Crippen LogP contribution in [-0.4, -0.2) is 11.3 Å².